The Balaban J connectivity index is 2.54. The molecular weight excluding hydrogens is 528 g/mol. The van der Waals surface area contributed by atoms with Crippen LogP contribution in [0, 0.1) is 0 Å². The number of nitrogens with zero attached hydrogens (tertiary/aromatic N) is 1. The molecule has 0 aliphatic carbocycles. The van der Waals surface area contributed by atoms with Gasteiger partial charge in [0.05, 0.1) is 13.5 Å². The van der Waals surface area contributed by atoms with E-state index in [-0.39, 0.29) is 17.9 Å². The van der Waals surface area contributed by atoms with Gasteiger partial charge in [-0.05, 0) is 57.5 Å². The number of primary amides is 1. The van der Waals surface area contributed by atoms with Crippen LogP contribution in [0.3, 0.4) is 0 Å². The summed E-state index contributed by atoms with van der Waals surface area (Å²) in [4.78, 5) is 53.8. The number of alkyl carbamates (subject to hydrolysis) is 1. The highest BCUT2D eigenvalue weighted by atomic mass is 16.6. The van der Waals surface area contributed by atoms with Crippen LogP contribution in [0.5, 0.6) is 11.5 Å². The SMILES string of the molecule is CCCCCCN(C(=O)C(CC(N)=O)NC(=O)OC(C)(C)C)C(C(=O)Nc1ccc(OC)cc1)c1ccccc1O. The fraction of sp³-hybridized carbons (Fsp3) is 0.467. The molecule has 2 aromatic rings. The van der Waals surface area contributed by atoms with Gasteiger partial charge in [-0.2, -0.15) is 0 Å². The third-order valence-electron chi connectivity index (χ3n) is 6.08. The summed E-state index contributed by atoms with van der Waals surface area (Å²) in [5.41, 5.74) is 5.20. The number of unbranched alkanes of at least 4 members (excludes halogenated alkanes) is 3. The number of amides is 4. The van der Waals surface area contributed by atoms with Gasteiger partial charge < -0.3 is 35.8 Å². The van der Waals surface area contributed by atoms with Crippen molar-refractivity contribution in [2.45, 2.75) is 77.5 Å². The Morgan fingerprint density at radius 1 is 1.00 bits per heavy atom. The fourth-order valence-electron chi connectivity index (χ4n) is 4.18. The monoisotopic (exact) mass is 570 g/mol. The number of anilines is 1. The Labute approximate surface area is 241 Å². The summed E-state index contributed by atoms with van der Waals surface area (Å²) in [5.74, 6) is -1.75. The average molecular weight is 571 g/mol. The largest absolute Gasteiger partial charge is 0.508 e. The first-order valence-electron chi connectivity index (χ1n) is 13.7. The normalized spacial score (nSPS) is 12.5. The van der Waals surface area contributed by atoms with Crippen LogP contribution in [0.1, 0.15) is 71.4 Å². The van der Waals surface area contributed by atoms with E-state index < -0.39 is 47.9 Å². The number of carbonyl (C=O) groups excluding carboxylic acids is 4. The summed E-state index contributed by atoms with van der Waals surface area (Å²) in [7, 11) is 1.53. The molecular formula is C30H42N4O7. The van der Waals surface area contributed by atoms with Crippen LogP contribution >= 0.6 is 0 Å². The number of hydrogen-bond acceptors (Lipinski definition) is 7. The summed E-state index contributed by atoms with van der Waals surface area (Å²) in [6.07, 6.45) is 1.73. The third-order valence-corrected chi connectivity index (χ3v) is 6.08. The zero-order chi connectivity index (χ0) is 30.6. The second kappa shape index (κ2) is 15.5. The highest BCUT2D eigenvalue weighted by Crippen LogP contribution is 2.31. The molecule has 11 nitrogen and oxygen atoms in total. The Bertz CT molecular complexity index is 1180. The molecule has 2 aromatic carbocycles. The van der Waals surface area contributed by atoms with Gasteiger partial charge in [-0.25, -0.2) is 4.79 Å². The van der Waals surface area contributed by atoms with Crippen molar-refractivity contribution in [3.63, 3.8) is 0 Å². The zero-order valence-corrected chi connectivity index (χ0v) is 24.4. The molecule has 0 radical (unpaired) electrons. The van der Waals surface area contributed by atoms with Crippen molar-refractivity contribution in [2.75, 3.05) is 19.0 Å². The summed E-state index contributed by atoms with van der Waals surface area (Å²) < 4.78 is 10.5. The molecule has 2 atom stereocenters. The van der Waals surface area contributed by atoms with Crippen LogP contribution in [0.4, 0.5) is 10.5 Å². The third kappa shape index (κ3) is 10.7. The van der Waals surface area contributed by atoms with E-state index in [1.165, 1.54) is 18.1 Å². The van der Waals surface area contributed by atoms with E-state index in [4.69, 9.17) is 15.2 Å². The van der Waals surface area contributed by atoms with Gasteiger partial charge in [0.2, 0.25) is 11.8 Å². The molecule has 0 saturated heterocycles. The lowest BCUT2D eigenvalue weighted by atomic mass is 10.00. The minimum absolute atomic E-state index is 0.110. The standard InChI is InChI=1S/C30H42N4O7/c1-6-7-8-11-18-34(28(38)23(19-25(31)36)33-29(39)41-30(2,3)4)26(22-12-9-10-13-24(22)35)27(37)32-20-14-16-21(40-5)17-15-20/h9-10,12-17,23,26,35H,6-8,11,18-19H2,1-5H3,(H2,31,36)(H,32,37)(H,33,39). The lowest BCUT2D eigenvalue weighted by Crippen LogP contribution is -2.53. The highest BCUT2D eigenvalue weighted by molar-refractivity contribution is 6.00. The molecule has 41 heavy (non-hydrogen) atoms. The van der Waals surface area contributed by atoms with E-state index in [0.717, 1.165) is 19.3 Å². The number of phenolic OH excluding ortho intramolecular Hbond substituents is 1. The number of aromatic hydroxyl groups is 1. The van der Waals surface area contributed by atoms with Crippen molar-refractivity contribution >= 4 is 29.5 Å². The molecule has 0 heterocycles. The van der Waals surface area contributed by atoms with Crippen molar-refractivity contribution in [3.05, 3.63) is 54.1 Å². The second-order valence-corrected chi connectivity index (χ2v) is 10.6. The van der Waals surface area contributed by atoms with Crippen molar-refractivity contribution in [1.29, 1.82) is 0 Å². The maximum atomic E-state index is 14.1. The minimum atomic E-state index is -1.41. The number of para-hydroxylation sites is 1. The van der Waals surface area contributed by atoms with Crippen LogP contribution in [-0.4, -0.2) is 59.1 Å². The van der Waals surface area contributed by atoms with E-state index in [0.29, 0.717) is 17.9 Å². The summed E-state index contributed by atoms with van der Waals surface area (Å²) in [6.45, 7) is 7.14. The molecule has 0 aromatic heterocycles. The predicted octanol–water partition coefficient (Wildman–Crippen LogP) is 4.26. The number of ether oxygens (including phenoxy) is 2. The molecule has 0 fully saturated rings. The molecule has 2 rings (SSSR count). The number of phenols is 1. The predicted molar refractivity (Wildman–Crippen MR) is 155 cm³/mol. The van der Waals surface area contributed by atoms with Crippen LogP contribution in [0.25, 0.3) is 0 Å². The van der Waals surface area contributed by atoms with Gasteiger partial charge in [-0.15, -0.1) is 0 Å². The van der Waals surface area contributed by atoms with Crippen molar-refractivity contribution < 1.29 is 33.8 Å². The minimum Gasteiger partial charge on any atom is -0.508 e. The van der Waals surface area contributed by atoms with Crippen LogP contribution in [0.2, 0.25) is 0 Å². The van der Waals surface area contributed by atoms with Crippen LogP contribution < -0.4 is 21.1 Å². The number of hydrogen-bond donors (Lipinski definition) is 4. The Kier molecular flexibility index (Phi) is 12.4. The Hall–Kier alpha value is -4.28. The number of benzene rings is 2. The van der Waals surface area contributed by atoms with Crippen LogP contribution in [0.15, 0.2) is 48.5 Å². The summed E-state index contributed by atoms with van der Waals surface area (Å²) in [5, 5.41) is 16.0. The highest BCUT2D eigenvalue weighted by Gasteiger charge is 2.38. The van der Waals surface area contributed by atoms with E-state index in [9.17, 15) is 24.3 Å². The molecule has 0 saturated carbocycles. The molecule has 0 bridgehead atoms. The number of methoxy groups -OCH3 is 1. The first kappa shape index (κ1) is 32.9. The number of nitrogens with two attached hydrogens (primary N) is 1. The molecule has 5 N–H and O–H groups in total. The smallest absolute Gasteiger partial charge is 0.408 e. The van der Waals surface area contributed by atoms with E-state index >= 15 is 0 Å². The summed E-state index contributed by atoms with van der Waals surface area (Å²) >= 11 is 0. The van der Waals surface area contributed by atoms with Crippen LogP contribution in [-0.2, 0) is 19.1 Å². The van der Waals surface area contributed by atoms with Gasteiger partial charge in [0.1, 0.15) is 29.2 Å². The molecule has 2 unspecified atom stereocenters. The van der Waals surface area contributed by atoms with E-state index in [1.54, 1.807) is 63.2 Å². The zero-order valence-electron chi connectivity index (χ0n) is 24.4. The summed E-state index contributed by atoms with van der Waals surface area (Å²) in [6, 6.07) is 10.1. The molecule has 0 aliphatic heterocycles. The molecule has 11 heteroatoms. The van der Waals surface area contributed by atoms with Crippen molar-refractivity contribution in [2.24, 2.45) is 5.73 Å². The second-order valence-electron chi connectivity index (χ2n) is 10.6. The quantitative estimate of drug-likeness (QED) is 0.247. The molecule has 0 aliphatic rings. The average Bonchev–Trinajstić information content (AvgIpc) is 2.89. The van der Waals surface area contributed by atoms with Crippen molar-refractivity contribution in [3.8, 4) is 11.5 Å². The van der Waals surface area contributed by atoms with E-state index in [1.807, 2.05) is 6.92 Å². The lowest BCUT2D eigenvalue weighted by molar-refractivity contribution is -0.142. The van der Waals surface area contributed by atoms with Gasteiger partial charge >= 0.3 is 6.09 Å². The first-order chi connectivity index (χ1) is 19.4. The lowest BCUT2D eigenvalue weighted by Gasteiger charge is -2.34. The number of nitrogens with one attached hydrogen (secondary N) is 2. The Morgan fingerprint density at radius 3 is 2.22 bits per heavy atom. The molecule has 0 spiro atoms. The van der Waals surface area contributed by atoms with Gasteiger partial charge in [-0.1, -0.05) is 44.4 Å². The maximum absolute atomic E-state index is 14.1. The van der Waals surface area contributed by atoms with Gasteiger partial charge in [0, 0.05) is 17.8 Å². The first-order valence-corrected chi connectivity index (χ1v) is 13.7. The van der Waals surface area contributed by atoms with Crippen molar-refractivity contribution in [1.82, 2.24) is 10.2 Å². The number of rotatable bonds is 14. The number of carbonyl (C=O) groups is 4. The molecule has 224 valence electrons. The molecule has 4 amide bonds. The van der Waals surface area contributed by atoms with Gasteiger partial charge in [-0.3, -0.25) is 14.4 Å². The maximum Gasteiger partial charge on any atom is 0.408 e. The fourth-order valence-corrected chi connectivity index (χ4v) is 4.18. The van der Waals surface area contributed by atoms with E-state index in [2.05, 4.69) is 10.6 Å². The topological polar surface area (TPSA) is 160 Å². The van der Waals surface area contributed by atoms with Gasteiger partial charge in [0.25, 0.3) is 5.91 Å². The van der Waals surface area contributed by atoms with Gasteiger partial charge in [0.15, 0.2) is 0 Å². The Morgan fingerprint density at radius 2 is 1.66 bits per heavy atom.